The number of sulfonamides is 1. The van der Waals surface area contributed by atoms with Crippen molar-refractivity contribution in [2.45, 2.75) is 31.6 Å². The van der Waals surface area contributed by atoms with E-state index in [0.29, 0.717) is 13.0 Å². The molecule has 2 aromatic rings. The summed E-state index contributed by atoms with van der Waals surface area (Å²) in [5.41, 5.74) is 3.04. The maximum atomic E-state index is 12.2. The summed E-state index contributed by atoms with van der Waals surface area (Å²) in [5.74, 6) is 0. The summed E-state index contributed by atoms with van der Waals surface area (Å²) < 4.78 is 26.9. The first-order valence-corrected chi connectivity index (χ1v) is 8.51. The summed E-state index contributed by atoms with van der Waals surface area (Å²) in [5, 5.41) is 7.04. The highest BCUT2D eigenvalue weighted by molar-refractivity contribution is 7.89. The van der Waals surface area contributed by atoms with Gasteiger partial charge in [-0.3, -0.25) is 5.10 Å². The van der Waals surface area contributed by atoms with Crippen LogP contribution < -0.4 is 4.72 Å². The molecule has 1 aromatic carbocycles. The van der Waals surface area contributed by atoms with E-state index in [1.54, 1.807) is 18.3 Å². The van der Waals surface area contributed by atoms with Crippen LogP contribution in [0, 0.1) is 13.8 Å². The van der Waals surface area contributed by atoms with Crippen LogP contribution in [-0.4, -0.2) is 25.2 Å². The zero-order chi connectivity index (χ0) is 15.5. The monoisotopic (exact) mass is 327 g/mol. The molecule has 0 aliphatic carbocycles. The molecule has 0 radical (unpaired) electrons. The number of halogens is 1. The lowest BCUT2D eigenvalue weighted by atomic mass is 10.1. The minimum atomic E-state index is -3.56. The molecule has 0 unspecified atom stereocenters. The largest absolute Gasteiger partial charge is 0.283 e. The fraction of sp³-hybridized carbons (Fsp3) is 0.357. The highest BCUT2D eigenvalue weighted by atomic mass is 35.5. The normalized spacial score (nSPS) is 11.8. The van der Waals surface area contributed by atoms with E-state index in [9.17, 15) is 8.42 Å². The predicted octanol–water partition coefficient (Wildman–Crippen LogP) is 2.59. The zero-order valence-electron chi connectivity index (χ0n) is 12.0. The Labute approximate surface area is 129 Å². The first-order valence-electron chi connectivity index (χ1n) is 6.65. The van der Waals surface area contributed by atoms with Crippen molar-refractivity contribution in [1.29, 1.82) is 0 Å². The van der Waals surface area contributed by atoms with E-state index in [1.165, 1.54) is 6.07 Å². The van der Waals surface area contributed by atoms with Crippen LogP contribution >= 0.6 is 11.6 Å². The Morgan fingerprint density at radius 3 is 2.71 bits per heavy atom. The third-order valence-corrected chi connectivity index (χ3v) is 5.17. The molecule has 0 fully saturated rings. The molecular formula is C14H18ClN3O2S. The summed E-state index contributed by atoms with van der Waals surface area (Å²) in [6, 6.07) is 4.90. The van der Waals surface area contributed by atoms with Gasteiger partial charge in [0.1, 0.15) is 4.90 Å². The van der Waals surface area contributed by atoms with Gasteiger partial charge in [-0.05, 0) is 49.9 Å². The number of nitrogens with zero attached hydrogens (tertiary/aromatic N) is 1. The molecule has 0 spiro atoms. The minimum absolute atomic E-state index is 0.120. The van der Waals surface area contributed by atoms with Gasteiger partial charge >= 0.3 is 0 Å². The van der Waals surface area contributed by atoms with Crippen molar-refractivity contribution < 1.29 is 8.42 Å². The van der Waals surface area contributed by atoms with E-state index < -0.39 is 10.0 Å². The Morgan fingerprint density at radius 1 is 1.33 bits per heavy atom. The number of rotatable bonds is 6. The second kappa shape index (κ2) is 6.60. The summed E-state index contributed by atoms with van der Waals surface area (Å²) in [7, 11) is -3.56. The van der Waals surface area contributed by atoms with Crippen LogP contribution in [-0.2, 0) is 16.4 Å². The highest BCUT2D eigenvalue weighted by Gasteiger charge is 2.17. The molecule has 1 heterocycles. The lowest BCUT2D eigenvalue weighted by molar-refractivity contribution is 0.579. The molecule has 21 heavy (non-hydrogen) atoms. The van der Waals surface area contributed by atoms with Crippen LogP contribution in [0.3, 0.4) is 0 Å². The van der Waals surface area contributed by atoms with Gasteiger partial charge in [0.2, 0.25) is 10.0 Å². The summed E-state index contributed by atoms with van der Waals surface area (Å²) in [6.07, 6.45) is 3.23. The number of aromatic amines is 1. The van der Waals surface area contributed by atoms with Gasteiger partial charge in [0.25, 0.3) is 0 Å². The maximum Gasteiger partial charge on any atom is 0.242 e. The summed E-state index contributed by atoms with van der Waals surface area (Å²) in [4.78, 5) is 0.120. The van der Waals surface area contributed by atoms with Gasteiger partial charge < -0.3 is 0 Å². The molecule has 7 heteroatoms. The van der Waals surface area contributed by atoms with Crippen LogP contribution in [0.1, 0.15) is 23.2 Å². The molecule has 114 valence electrons. The van der Waals surface area contributed by atoms with Crippen molar-refractivity contribution in [2.24, 2.45) is 0 Å². The third-order valence-electron chi connectivity index (χ3n) is 3.23. The highest BCUT2D eigenvalue weighted by Crippen LogP contribution is 2.22. The van der Waals surface area contributed by atoms with Crippen molar-refractivity contribution in [3.8, 4) is 0 Å². The van der Waals surface area contributed by atoms with E-state index >= 15 is 0 Å². The molecule has 2 rings (SSSR count). The Kier molecular flexibility index (Phi) is 5.03. The van der Waals surface area contributed by atoms with Crippen LogP contribution in [0.15, 0.2) is 29.3 Å². The fourth-order valence-corrected chi connectivity index (χ4v) is 3.69. The summed E-state index contributed by atoms with van der Waals surface area (Å²) >= 11 is 6.00. The second-order valence-corrected chi connectivity index (χ2v) is 7.10. The Hall–Kier alpha value is -1.37. The van der Waals surface area contributed by atoms with Crippen molar-refractivity contribution >= 4 is 21.6 Å². The van der Waals surface area contributed by atoms with Gasteiger partial charge in [-0.2, -0.15) is 5.10 Å². The zero-order valence-corrected chi connectivity index (χ0v) is 13.6. The van der Waals surface area contributed by atoms with Gasteiger partial charge in [0, 0.05) is 12.2 Å². The fourth-order valence-electron chi connectivity index (χ4n) is 2.01. The van der Waals surface area contributed by atoms with Crippen LogP contribution in [0.5, 0.6) is 0 Å². The molecule has 0 aliphatic heterocycles. The predicted molar refractivity (Wildman–Crippen MR) is 83.0 cm³/mol. The van der Waals surface area contributed by atoms with E-state index in [4.69, 9.17) is 11.6 Å². The number of H-pyrrole nitrogens is 1. The number of hydrogen-bond acceptors (Lipinski definition) is 3. The van der Waals surface area contributed by atoms with Gasteiger partial charge in [0.05, 0.1) is 11.2 Å². The molecule has 1 aromatic heterocycles. The number of aromatic nitrogens is 2. The van der Waals surface area contributed by atoms with Crippen LogP contribution in [0.25, 0.3) is 0 Å². The lowest BCUT2D eigenvalue weighted by Crippen LogP contribution is -2.25. The second-order valence-electron chi connectivity index (χ2n) is 4.96. The Morgan fingerprint density at radius 2 is 2.10 bits per heavy atom. The van der Waals surface area contributed by atoms with Crippen molar-refractivity contribution in [3.05, 3.63) is 46.2 Å². The Bertz CT molecular complexity index is 726. The average molecular weight is 328 g/mol. The molecule has 0 bridgehead atoms. The lowest BCUT2D eigenvalue weighted by Gasteiger charge is -2.08. The molecule has 2 N–H and O–H groups in total. The summed E-state index contributed by atoms with van der Waals surface area (Å²) in [6.45, 7) is 4.17. The van der Waals surface area contributed by atoms with E-state index in [1.807, 2.05) is 13.8 Å². The SMILES string of the molecule is Cc1ccc(S(=O)(=O)NCCCc2cn[nH]c2C)c(Cl)c1. The number of aryl methyl sites for hydroxylation is 3. The number of benzene rings is 1. The molecule has 5 nitrogen and oxygen atoms in total. The molecular weight excluding hydrogens is 310 g/mol. The Balaban J connectivity index is 1.94. The minimum Gasteiger partial charge on any atom is -0.283 e. The molecule has 0 aliphatic rings. The number of hydrogen-bond donors (Lipinski definition) is 2. The van der Waals surface area contributed by atoms with Crippen molar-refractivity contribution in [1.82, 2.24) is 14.9 Å². The van der Waals surface area contributed by atoms with Gasteiger partial charge in [0.15, 0.2) is 0 Å². The maximum absolute atomic E-state index is 12.2. The van der Waals surface area contributed by atoms with E-state index in [-0.39, 0.29) is 9.92 Å². The standard InChI is InChI=1S/C14H18ClN3O2S/c1-10-5-6-14(13(15)8-10)21(19,20)17-7-3-4-12-9-16-18-11(12)2/h5-6,8-9,17H,3-4,7H2,1-2H3,(H,16,18). The molecule has 0 saturated carbocycles. The van der Waals surface area contributed by atoms with Gasteiger partial charge in [-0.15, -0.1) is 0 Å². The van der Waals surface area contributed by atoms with Crippen LogP contribution in [0.4, 0.5) is 0 Å². The average Bonchev–Trinajstić information content (AvgIpc) is 2.80. The number of nitrogens with one attached hydrogen (secondary N) is 2. The topological polar surface area (TPSA) is 74.8 Å². The quantitative estimate of drug-likeness (QED) is 0.801. The third kappa shape index (κ3) is 4.06. The molecule has 0 amide bonds. The first-order chi connectivity index (χ1) is 9.90. The van der Waals surface area contributed by atoms with Crippen molar-refractivity contribution in [3.63, 3.8) is 0 Å². The molecule has 0 saturated heterocycles. The van der Waals surface area contributed by atoms with Gasteiger partial charge in [-0.1, -0.05) is 17.7 Å². The first kappa shape index (κ1) is 16.0. The smallest absolute Gasteiger partial charge is 0.242 e. The van der Waals surface area contributed by atoms with Gasteiger partial charge in [-0.25, -0.2) is 13.1 Å². The van der Waals surface area contributed by atoms with Crippen LogP contribution in [0.2, 0.25) is 5.02 Å². The van der Waals surface area contributed by atoms with E-state index in [0.717, 1.165) is 23.2 Å². The van der Waals surface area contributed by atoms with Crippen molar-refractivity contribution in [2.75, 3.05) is 6.54 Å². The van der Waals surface area contributed by atoms with E-state index in [2.05, 4.69) is 14.9 Å². The molecule has 0 atom stereocenters.